The predicted molar refractivity (Wildman–Crippen MR) is 152 cm³/mol. The summed E-state index contributed by atoms with van der Waals surface area (Å²) in [7, 11) is 2.88. The number of nitrogens with zero attached hydrogens (tertiary/aromatic N) is 3. The molecule has 224 valence electrons. The van der Waals surface area contributed by atoms with Gasteiger partial charge in [0.15, 0.2) is 0 Å². The summed E-state index contributed by atoms with van der Waals surface area (Å²) in [5.41, 5.74) is 1.44. The van der Waals surface area contributed by atoms with Gasteiger partial charge < -0.3 is 29.2 Å². The number of alkyl carbamates (subject to hydrolysis) is 1. The lowest BCUT2D eigenvalue weighted by Gasteiger charge is -2.34. The Morgan fingerprint density at radius 2 is 1.83 bits per heavy atom. The average Bonchev–Trinajstić information content (AvgIpc) is 3.65. The molecule has 2 fully saturated rings. The Bertz CT molecular complexity index is 1260. The first-order valence-electron chi connectivity index (χ1n) is 14.4. The maximum absolute atomic E-state index is 13.9. The maximum Gasteiger partial charge on any atom is 0.408 e. The molecule has 2 aromatic rings. The van der Waals surface area contributed by atoms with Crippen LogP contribution in [-0.4, -0.2) is 77.9 Å². The zero-order valence-electron chi connectivity index (χ0n) is 24.9. The molecule has 3 atom stereocenters. The summed E-state index contributed by atoms with van der Waals surface area (Å²) in [5, 5.41) is 2.74. The van der Waals surface area contributed by atoms with E-state index in [1.807, 2.05) is 32.9 Å². The summed E-state index contributed by atoms with van der Waals surface area (Å²) in [5.74, 6) is 0.0866. The van der Waals surface area contributed by atoms with E-state index < -0.39 is 41.6 Å². The van der Waals surface area contributed by atoms with Gasteiger partial charge in [-0.1, -0.05) is 40.5 Å². The zero-order chi connectivity index (χ0) is 29.7. The number of carbonyl (C=O) groups excluding carboxylic acids is 3. The van der Waals surface area contributed by atoms with Gasteiger partial charge in [-0.15, -0.1) is 0 Å². The molecule has 1 aromatic heterocycles. The number of aromatic nitrogens is 2. The first-order valence-corrected chi connectivity index (χ1v) is 14.4. The largest absolute Gasteiger partial charge is 0.497 e. The van der Waals surface area contributed by atoms with Crippen molar-refractivity contribution in [2.24, 2.45) is 5.41 Å². The molecule has 2 amide bonds. The highest BCUT2D eigenvalue weighted by Gasteiger charge is 2.46. The molecule has 2 heterocycles. The number of methoxy groups -OCH3 is 2. The van der Waals surface area contributed by atoms with Crippen molar-refractivity contribution in [2.45, 2.75) is 96.9 Å². The number of benzene rings is 1. The van der Waals surface area contributed by atoms with Crippen LogP contribution in [0.2, 0.25) is 0 Å². The predicted octanol–water partition coefficient (Wildman–Crippen LogP) is 4.20. The quantitative estimate of drug-likeness (QED) is 0.312. The number of likely N-dealkylation sites (tertiary alicyclic amines) is 1. The van der Waals surface area contributed by atoms with Crippen LogP contribution in [0.1, 0.15) is 71.9 Å². The minimum absolute atomic E-state index is 0.104. The molecule has 1 N–H and O–H groups in total. The molecule has 11 nitrogen and oxygen atoms in total. The highest BCUT2D eigenvalue weighted by Crippen LogP contribution is 2.31. The number of ether oxygens (including phenoxy) is 4. The van der Waals surface area contributed by atoms with Crippen LogP contribution < -0.4 is 14.8 Å². The minimum Gasteiger partial charge on any atom is -0.497 e. The highest BCUT2D eigenvalue weighted by molar-refractivity contribution is 5.91. The molecular formula is C30H42N4O7. The van der Waals surface area contributed by atoms with Crippen molar-refractivity contribution in [2.75, 3.05) is 20.8 Å². The van der Waals surface area contributed by atoms with Crippen LogP contribution >= 0.6 is 0 Å². The van der Waals surface area contributed by atoms with Gasteiger partial charge in [0.1, 0.15) is 35.7 Å². The van der Waals surface area contributed by atoms with Gasteiger partial charge in [0.05, 0.1) is 31.8 Å². The number of hydrogen-bond acceptors (Lipinski definition) is 9. The van der Waals surface area contributed by atoms with Gasteiger partial charge in [0, 0.05) is 12.5 Å². The molecule has 0 radical (unpaired) electrons. The molecule has 0 unspecified atom stereocenters. The number of nitrogens with one attached hydrogen (secondary N) is 1. The van der Waals surface area contributed by atoms with Gasteiger partial charge in [-0.3, -0.25) is 4.79 Å². The first kappa shape index (κ1) is 30.3. The van der Waals surface area contributed by atoms with Gasteiger partial charge in [0.25, 0.3) is 0 Å². The van der Waals surface area contributed by atoms with Crippen LogP contribution in [-0.2, 0) is 25.5 Å². The number of carbonyl (C=O) groups is 3. The molecule has 1 aromatic carbocycles. The molecule has 11 heteroatoms. The van der Waals surface area contributed by atoms with E-state index in [-0.39, 0.29) is 19.1 Å². The molecule has 0 bridgehead atoms. The fourth-order valence-corrected chi connectivity index (χ4v) is 4.93. The van der Waals surface area contributed by atoms with Crippen LogP contribution in [0.25, 0.3) is 11.0 Å². The van der Waals surface area contributed by atoms with E-state index in [9.17, 15) is 14.4 Å². The van der Waals surface area contributed by atoms with Crippen LogP contribution in [0.3, 0.4) is 0 Å². The van der Waals surface area contributed by atoms with Gasteiger partial charge in [-0.2, -0.15) is 0 Å². The van der Waals surface area contributed by atoms with Gasteiger partial charge >= 0.3 is 12.1 Å². The number of hydrogen-bond donors (Lipinski definition) is 1. The summed E-state index contributed by atoms with van der Waals surface area (Å²) < 4.78 is 22.2. The summed E-state index contributed by atoms with van der Waals surface area (Å²) >= 11 is 0. The van der Waals surface area contributed by atoms with E-state index in [1.165, 1.54) is 12.0 Å². The Morgan fingerprint density at radius 1 is 1.07 bits per heavy atom. The van der Waals surface area contributed by atoms with Crippen molar-refractivity contribution in [3.05, 3.63) is 23.9 Å². The van der Waals surface area contributed by atoms with Crippen LogP contribution in [0, 0.1) is 5.41 Å². The lowest BCUT2D eigenvalue weighted by molar-refractivity contribution is -0.152. The lowest BCUT2D eigenvalue weighted by Crippen LogP contribution is -2.57. The van der Waals surface area contributed by atoms with E-state index in [1.54, 1.807) is 13.2 Å². The SMILES string of the molecule is CCCCCc1nc2ccc(OC)cc2nc1O[C@@H]1C[C@@H](C(=O)OC)N(C(=O)[C@@H](NC(=O)OC2CC2)C(C)(C)C)C1. The van der Waals surface area contributed by atoms with Gasteiger partial charge in [0.2, 0.25) is 11.8 Å². The molecule has 0 spiro atoms. The van der Waals surface area contributed by atoms with E-state index in [4.69, 9.17) is 28.9 Å². The second-order valence-electron chi connectivity index (χ2n) is 11.8. The molecule has 4 rings (SSSR count). The van der Waals surface area contributed by atoms with Gasteiger partial charge in [-0.05, 0) is 43.2 Å². The summed E-state index contributed by atoms with van der Waals surface area (Å²) in [4.78, 5) is 50.3. The number of aryl methyl sites for hydroxylation is 1. The van der Waals surface area contributed by atoms with Crippen molar-refractivity contribution < 1.29 is 33.3 Å². The highest BCUT2D eigenvalue weighted by atomic mass is 16.6. The number of esters is 1. The molecule has 1 saturated heterocycles. The van der Waals surface area contributed by atoms with E-state index in [0.717, 1.165) is 43.3 Å². The number of rotatable bonds is 11. The van der Waals surface area contributed by atoms with E-state index >= 15 is 0 Å². The topological polar surface area (TPSA) is 129 Å². The van der Waals surface area contributed by atoms with Crippen molar-refractivity contribution >= 4 is 29.0 Å². The molecule has 1 aliphatic carbocycles. The third-order valence-electron chi connectivity index (χ3n) is 7.39. The van der Waals surface area contributed by atoms with Crippen LogP contribution in [0.4, 0.5) is 4.79 Å². The number of amides is 2. The standard InChI is InChI=1S/C30H42N4O7/c1-7-8-9-10-22-26(32-23-15-19(38-5)13-14-21(23)31-22)40-20-16-24(28(36)39-6)34(17-20)27(35)25(30(2,3)4)33-29(37)41-18-11-12-18/h13-15,18,20,24-25H,7-12,16-17H2,1-6H3,(H,33,37)/t20-,24+,25-/m1/s1. The fourth-order valence-electron chi connectivity index (χ4n) is 4.93. The fraction of sp³-hybridized carbons (Fsp3) is 0.633. The Kier molecular flexibility index (Phi) is 9.55. The van der Waals surface area contributed by atoms with Crippen molar-refractivity contribution in [1.82, 2.24) is 20.2 Å². The molecule has 1 saturated carbocycles. The Labute approximate surface area is 241 Å². The minimum atomic E-state index is -0.919. The molecule has 1 aliphatic heterocycles. The maximum atomic E-state index is 13.9. The van der Waals surface area contributed by atoms with Crippen LogP contribution in [0.15, 0.2) is 18.2 Å². The second kappa shape index (κ2) is 12.9. The molecule has 41 heavy (non-hydrogen) atoms. The lowest BCUT2D eigenvalue weighted by atomic mass is 9.85. The summed E-state index contributed by atoms with van der Waals surface area (Å²) in [6.45, 7) is 7.82. The first-order chi connectivity index (χ1) is 19.5. The summed E-state index contributed by atoms with van der Waals surface area (Å²) in [6.07, 6.45) is 4.30. The van der Waals surface area contributed by atoms with E-state index in [0.29, 0.717) is 23.6 Å². The molecule has 2 aliphatic rings. The normalized spacial score (nSPS) is 19.5. The molecular weight excluding hydrogens is 528 g/mol. The van der Waals surface area contributed by atoms with Crippen molar-refractivity contribution in [3.8, 4) is 11.6 Å². The smallest absolute Gasteiger partial charge is 0.408 e. The van der Waals surface area contributed by atoms with E-state index in [2.05, 4.69) is 12.2 Å². The third kappa shape index (κ3) is 7.56. The third-order valence-corrected chi connectivity index (χ3v) is 7.39. The Hall–Kier alpha value is -3.63. The number of unbranched alkanes of at least 4 members (excludes halogenated alkanes) is 2. The zero-order valence-corrected chi connectivity index (χ0v) is 24.9. The van der Waals surface area contributed by atoms with Crippen molar-refractivity contribution in [1.29, 1.82) is 0 Å². The Balaban J connectivity index is 1.59. The van der Waals surface area contributed by atoms with Crippen LogP contribution in [0.5, 0.6) is 11.6 Å². The average molecular weight is 571 g/mol. The second-order valence-corrected chi connectivity index (χ2v) is 11.8. The Morgan fingerprint density at radius 3 is 2.46 bits per heavy atom. The number of fused-ring (bicyclic) bond motifs is 1. The van der Waals surface area contributed by atoms with Gasteiger partial charge in [-0.25, -0.2) is 19.6 Å². The van der Waals surface area contributed by atoms with Crippen molar-refractivity contribution in [3.63, 3.8) is 0 Å². The summed E-state index contributed by atoms with van der Waals surface area (Å²) in [6, 6.07) is 3.71. The monoisotopic (exact) mass is 570 g/mol.